The minimum Gasteiger partial charge on any atom is -0.192 e. The second-order valence-corrected chi connectivity index (χ2v) is 7.15. The predicted molar refractivity (Wildman–Crippen MR) is 115 cm³/mol. The molecule has 2 heteroatoms. The van der Waals surface area contributed by atoms with Crippen molar-refractivity contribution in [2.24, 2.45) is 0 Å². The van der Waals surface area contributed by atoms with Gasteiger partial charge in [0, 0.05) is 4.47 Å². The number of benzene rings is 4. The Labute approximate surface area is 167 Å². The van der Waals surface area contributed by atoms with Gasteiger partial charge in [0.15, 0.2) is 0 Å². The van der Waals surface area contributed by atoms with Crippen molar-refractivity contribution in [2.45, 2.75) is 0 Å². The summed E-state index contributed by atoms with van der Waals surface area (Å²) < 4.78 is 1.06. The maximum absolute atomic E-state index is 9.10. The zero-order valence-electron chi connectivity index (χ0n) is 14.6. The molecule has 0 N–H and O–H groups in total. The van der Waals surface area contributed by atoms with E-state index in [2.05, 4.69) is 70.5 Å². The summed E-state index contributed by atoms with van der Waals surface area (Å²) in [6, 6.07) is 35.1. The first kappa shape index (κ1) is 17.3. The lowest BCUT2D eigenvalue weighted by Crippen LogP contribution is -1.90. The normalized spacial score (nSPS) is 10.4. The minimum atomic E-state index is 0.667. The summed E-state index contributed by atoms with van der Waals surface area (Å²) in [5.41, 5.74) is 7.54. The Morgan fingerprint density at radius 1 is 0.556 bits per heavy atom. The van der Waals surface area contributed by atoms with Gasteiger partial charge in [-0.15, -0.1) is 0 Å². The summed E-state index contributed by atoms with van der Waals surface area (Å²) in [6.45, 7) is 0. The molecule has 4 aromatic carbocycles. The first-order chi connectivity index (χ1) is 13.3. The largest absolute Gasteiger partial charge is 0.192 e. The first-order valence-electron chi connectivity index (χ1n) is 8.71. The van der Waals surface area contributed by atoms with Crippen LogP contribution >= 0.6 is 15.9 Å². The third kappa shape index (κ3) is 3.56. The van der Waals surface area contributed by atoms with E-state index in [1.54, 1.807) is 0 Å². The fraction of sp³-hybridized carbons (Fsp3) is 0. The van der Waals surface area contributed by atoms with E-state index in [-0.39, 0.29) is 0 Å². The molecule has 0 saturated heterocycles. The number of nitrogens with zero attached hydrogens (tertiary/aromatic N) is 1. The van der Waals surface area contributed by atoms with Gasteiger partial charge in [0.05, 0.1) is 11.6 Å². The standard InChI is InChI=1S/C25H16BrN/c26-25-16-23(19-7-3-1-4-8-19)22(21-13-11-18(17-27)12-14-21)15-24(25)20-9-5-2-6-10-20/h1-16H. The van der Waals surface area contributed by atoms with Crippen LogP contribution in [0.5, 0.6) is 0 Å². The van der Waals surface area contributed by atoms with Crippen molar-refractivity contribution in [2.75, 3.05) is 0 Å². The molecular formula is C25H16BrN. The zero-order chi connectivity index (χ0) is 18.6. The van der Waals surface area contributed by atoms with Crippen LogP contribution in [0.15, 0.2) is 102 Å². The minimum absolute atomic E-state index is 0.667. The van der Waals surface area contributed by atoms with E-state index in [1.165, 1.54) is 5.56 Å². The van der Waals surface area contributed by atoms with E-state index in [0.717, 1.165) is 32.3 Å². The number of nitriles is 1. The molecule has 0 heterocycles. The fourth-order valence-electron chi connectivity index (χ4n) is 3.23. The Morgan fingerprint density at radius 2 is 1.04 bits per heavy atom. The molecule has 0 aliphatic rings. The Morgan fingerprint density at radius 3 is 1.59 bits per heavy atom. The molecule has 1 nitrogen and oxygen atoms in total. The summed E-state index contributed by atoms with van der Waals surface area (Å²) in [5, 5.41) is 9.10. The molecule has 0 aliphatic heterocycles. The van der Waals surface area contributed by atoms with Gasteiger partial charge < -0.3 is 0 Å². The predicted octanol–water partition coefficient (Wildman–Crippen LogP) is 7.32. The molecule has 0 radical (unpaired) electrons. The average molecular weight is 410 g/mol. The molecule has 0 bridgehead atoms. The van der Waals surface area contributed by atoms with Gasteiger partial charge in [0.2, 0.25) is 0 Å². The van der Waals surface area contributed by atoms with Crippen molar-refractivity contribution < 1.29 is 0 Å². The van der Waals surface area contributed by atoms with Gasteiger partial charge in [-0.05, 0) is 57.6 Å². The Bertz CT molecular complexity index is 1110. The van der Waals surface area contributed by atoms with Crippen LogP contribution in [0.3, 0.4) is 0 Å². The van der Waals surface area contributed by atoms with Crippen LogP contribution in [0.2, 0.25) is 0 Å². The number of halogens is 1. The third-order valence-electron chi connectivity index (χ3n) is 4.60. The number of hydrogen-bond acceptors (Lipinski definition) is 1. The van der Waals surface area contributed by atoms with Crippen molar-refractivity contribution in [1.29, 1.82) is 5.26 Å². The molecule has 0 unspecified atom stereocenters. The molecule has 27 heavy (non-hydrogen) atoms. The lowest BCUT2D eigenvalue weighted by Gasteiger charge is -2.15. The van der Waals surface area contributed by atoms with Gasteiger partial charge in [0.1, 0.15) is 0 Å². The molecule has 0 atom stereocenters. The topological polar surface area (TPSA) is 23.8 Å². The summed E-state index contributed by atoms with van der Waals surface area (Å²) in [4.78, 5) is 0. The number of hydrogen-bond donors (Lipinski definition) is 0. The van der Waals surface area contributed by atoms with Crippen molar-refractivity contribution >= 4 is 15.9 Å². The third-order valence-corrected chi connectivity index (χ3v) is 5.26. The highest BCUT2D eigenvalue weighted by atomic mass is 79.9. The van der Waals surface area contributed by atoms with Crippen molar-refractivity contribution in [3.8, 4) is 39.4 Å². The fourth-order valence-corrected chi connectivity index (χ4v) is 3.80. The molecule has 0 amide bonds. The van der Waals surface area contributed by atoms with Crippen LogP contribution < -0.4 is 0 Å². The highest BCUT2D eigenvalue weighted by molar-refractivity contribution is 9.10. The van der Waals surface area contributed by atoms with Gasteiger partial charge in [-0.25, -0.2) is 0 Å². The summed E-state index contributed by atoms with van der Waals surface area (Å²) >= 11 is 3.77. The Hall–Kier alpha value is -3.15. The molecular weight excluding hydrogens is 394 g/mol. The number of rotatable bonds is 3. The molecule has 4 rings (SSSR count). The quantitative estimate of drug-likeness (QED) is 0.347. The van der Waals surface area contributed by atoms with E-state index >= 15 is 0 Å². The molecule has 0 aromatic heterocycles. The summed E-state index contributed by atoms with van der Waals surface area (Å²) in [7, 11) is 0. The monoisotopic (exact) mass is 409 g/mol. The van der Waals surface area contributed by atoms with Crippen molar-refractivity contribution in [3.63, 3.8) is 0 Å². The SMILES string of the molecule is N#Cc1ccc(-c2cc(-c3ccccc3)c(Br)cc2-c2ccccc2)cc1. The Balaban J connectivity index is 1.96. The molecule has 0 aliphatic carbocycles. The van der Waals surface area contributed by atoms with Crippen LogP contribution in [0.1, 0.15) is 5.56 Å². The van der Waals surface area contributed by atoms with E-state index in [0.29, 0.717) is 5.56 Å². The zero-order valence-corrected chi connectivity index (χ0v) is 16.1. The van der Waals surface area contributed by atoms with Crippen LogP contribution in [0, 0.1) is 11.3 Å². The summed E-state index contributed by atoms with van der Waals surface area (Å²) in [5.74, 6) is 0. The van der Waals surface area contributed by atoms with Crippen LogP contribution in [-0.4, -0.2) is 0 Å². The van der Waals surface area contributed by atoms with Crippen LogP contribution in [0.25, 0.3) is 33.4 Å². The maximum Gasteiger partial charge on any atom is 0.0991 e. The average Bonchev–Trinajstić information content (AvgIpc) is 2.75. The van der Waals surface area contributed by atoms with Crippen LogP contribution in [0.4, 0.5) is 0 Å². The summed E-state index contributed by atoms with van der Waals surface area (Å²) in [6.07, 6.45) is 0. The van der Waals surface area contributed by atoms with Crippen molar-refractivity contribution in [3.05, 3.63) is 107 Å². The lowest BCUT2D eigenvalue weighted by atomic mass is 9.91. The molecule has 0 spiro atoms. The van der Waals surface area contributed by atoms with E-state index in [9.17, 15) is 0 Å². The lowest BCUT2D eigenvalue weighted by molar-refractivity contribution is 1.48. The van der Waals surface area contributed by atoms with Gasteiger partial charge in [-0.1, -0.05) is 88.7 Å². The van der Waals surface area contributed by atoms with Gasteiger partial charge in [-0.2, -0.15) is 5.26 Å². The highest BCUT2D eigenvalue weighted by Gasteiger charge is 2.13. The van der Waals surface area contributed by atoms with Gasteiger partial charge >= 0.3 is 0 Å². The van der Waals surface area contributed by atoms with Crippen LogP contribution in [-0.2, 0) is 0 Å². The molecule has 0 fully saturated rings. The molecule has 0 saturated carbocycles. The maximum atomic E-state index is 9.10. The smallest absolute Gasteiger partial charge is 0.0991 e. The first-order valence-corrected chi connectivity index (χ1v) is 9.50. The van der Waals surface area contributed by atoms with E-state index in [4.69, 9.17) is 5.26 Å². The van der Waals surface area contributed by atoms with Gasteiger partial charge in [0.25, 0.3) is 0 Å². The molecule has 4 aromatic rings. The van der Waals surface area contributed by atoms with Crippen molar-refractivity contribution in [1.82, 2.24) is 0 Å². The molecule has 128 valence electrons. The second-order valence-electron chi connectivity index (χ2n) is 6.30. The van der Waals surface area contributed by atoms with Gasteiger partial charge in [-0.3, -0.25) is 0 Å². The van der Waals surface area contributed by atoms with E-state index in [1.807, 2.05) is 48.5 Å². The second kappa shape index (κ2) is 7.61. The van der Waals surface area contributed by atoms with E-state index < -0.39 is 0 Å². The Kier molecular flexibility index (Phi) is 4.87. The highest BCUT2D eigenvalue weighted by Crippen LogP contribution is 2.40.